The molecule has 4 heteroatoms. The molecule has 4 nitrogen and oxygen atoms in total. The second kappa shape index (κ2) is 5.43. The Morgan fingerprint density at radius 1 is 1.44 bits per heavy atom. The first-order chi connectivity index (χ1) is 8.50. The minimum Gasteiger partial charge on any atom is -0.462 e. The Bertz CT molecular complexity index is 391. The van der Waals surface area contributed by atoms with E-state index < -0.39 is 0 Å². The predicted octanol–water partition coefficient (Wildman–Crippen LogP) is 1.55. The highest BCUT2D eigenvalue weighted by Crippen LogP contribution is 2.30. The number of aliphatic hydroxyl groups excluding tert-OH is 1. The third kappa shape index (κ3) is 3.34. The first kappa shape index (κ1) is 13.6. The highest BCUT2D eigenvalue weighted by molar-refractivity contribution is 5.06. The van der Waals surface area contributed by atoms with Gasteiger partial charge in [-0.2, -0.15) is 0 Å². The molecule has 1 N–H and O–H groups in total. The summed E-state index contributed by atoms with van der Waals surface area (Å²) < 4.78 is 5.52. The molecule has 1 aliphatic heterocycles. The van der Waals surface area contributed by atoms with Crippen LogP contribution in [0.15, 0.2) is 16.5 Å². The minimum atomic E-state index is -0.0216. The molecule has 2 rings (SSSR count). The lowest BCUT2D eigenvalue weighted by Crippen LogP contribution is -2.35. The highest BCUT2D eigenvalue weighted by Gasteiger charge is 2.32. The van der Waals surface area contributed by atoms with Gasteiger partial charge in [-0.1, -0.05) is 6.92 Å². The summed E-state index contributed by atoms with van der Waals surface area (Å²) in [4.78, 5) is 4.70. The molecule has 1 aliphatic rings. The van der Waals surface area contributed by atoms with Gasteiger partial charge in [-0.15, -0.1) is 0 Å². The number of aliphatic hydroxyl groups is 1. The Kier molecular flexibility index (Phi) is 4.10. The van der Waals surface area contributed by atoms with Gasteiger partial charge in [0.25, 0.3) is 0 Å². The zero-order valence-corrected chi connectivity index (χ0v) is 11.6. The van der Waals surface area contributed by atoms with Gasteiger partial charge in [0, 0.05) is 13.1 Å². The third-order valence-electron chi connectivity index (χ3n) is 3.70. The van der Waals surface area contributed by atoms with Gasteiger partial charge >= 0.3 is 0 Å². The molecular formula is C14H24N2O2. The average molecular weight is 252 g/mol. The molecule has 0 saturated carbocycles. The van der Waals surface area contributed by atoms with Crippen molar-refractivity contribution >= 4 is 0 Å². The molecule has 1 fully saturated rings. The Morgan fingerprint density at radius 3 is 2.72 bits per heavy atom. The van der Waals surface area contributed by atoms with Crippen molar-refractivity contribution in [3.05, 3.63) is 23.7 Å². The quantitative estimate of drug-likeness (QED) is 0.863. The van der Waals surface area contributed by atoms with Crippen molar-refractivity contribution in [2.24, 2.45) is 5.41 Å². The second-order valence-electron chi connectivity index (χ2n) is 6.00. The van der Waals surface area contributed by atoms with E-state index in [0.29, 0.717) is 11.2 Å². The molecular weight excluding hydrogens is 228 g/mol. The van der Waals surface area contributed by atoms with Crippen molar-refractivity contribution in [2.45, 2.75) is 26.5 Å². The number of likely N-dealkylation sites (tertiary alicyclic amines) is 1. The monoisotopic (exact) mass is 252 g/mol. The van der Waals surface area contributed by atoms with E-state index in [4.69, 9.17) is 9.52 Å². The molecule has 0 aromatic carbocycles. The van der Waals surface area contributed by atoms with Gasteiger partial charge in [-0.3, -0.25) is 4.90 Å². The fourth-order valence-corrected chi connectivity index (χ4v) is 2.97. The predicted molar refractivity (Wildman–Crippen MR) is 71.2 cm³/mol. The van der Waals surface area contributed by atoms with Crippen molar-refractivity contribution in [1.29, 1.82) is 0 Å². The van der Waals surface area contributed by atoms with E-state index in [9.17, 15) is 0 Å². The number of furan rings is 1. The van der Waals surface area contributed by atoms with E-state index >= 15 is 0 Å². The molecule has 1 saturated heterocycles. The van der Waals surface area contributed by atoms with E-state index in [0.717, 1.165) is 25.4 Å². The summed E-state index contributed by atoms with van der Waals surface area (Å²) in [7, 11) is 4.32. The van der Waals surface area contributed by atoms with Crippen molar-refractivity contribution in [1.82, 2.24) is 9.80 Å². The van der Waals surface area contributed by atoms with Gasteiger partial charge < -0.3 is 14.4 Å². The van der Waals surface area contributed by atoms with Crippen molar-refractivity contribution in [2.75, 3.05) is 33.7 Å². The smallest absolute Gasteiger partial charge is 0.129 e. The topological polar surface area (TPSA) is 39.9 Å². The summed E-state index contributed by atoms with van der Waals surface area (Å²) in [5.74, 6) is 1.57. The van der Waals surface area contributed by atoms with Crippen LogP contribution in [0.3, 0.4) is 0 Å². The van der Waals surface area contributed by atoms with Gasteiger partial charge in [-0.05, 0) is 44.6 Å². The van der Waals surface area contributed by atoms with Crippen LogP contribution in [0.1, 0.15) is 24.9 Å². The zero-order chi connectivity index (χ0) is 13.2. The van der Waals surface area contributed by atoms with Gasteiger partial charge in [0.1, 0.15) is 18.1 Å². The van der Waals surface area contributed by atoms with Crippen LogP contribution in [0.5, 0.6) is 0 Å². The minimum absolute atomic E-state index is 0.0216. The van der Waals surface area contributed by atoms with E-state index in [2.05, 4.69) is 30.8 Å². The summed E-state index contributed by atoms with van der Waals surface area (Å²) in [5, 5.41) is 8.97. The molecule has 0 amide bonds. The first-order valence-corrected chi connectivity index (χ1v) is 6.56. The van der Waals surface area contributed by atoms with Crippen molar-refractivity contribution in [3.8, 4) is 0 Å². The fourth-order valence-electron chi connectivity index (χ4n) is 2.97. The van der Waals surface area contributed by atoms with Crippen LogP contribution >= 0.6 is 0 Å². The number of hydrogen-bond acceptors (Lipinski definition) is 4. The summed E-state index contributed by atoms with van der Waals surface area (Å²) in [5.41, 5.74) is 0.385. The lowest BCUT2D eigenvalue weighted by atomic mass is 9.89. The third-order valence-corrected chi connectivity index (χ3v) is 3.70. The molecule has 0 radical (unpaired) electrons. The van der Waals surface area contributed by atoms with E-state index in [-0.39, 0.29) is 6.61 Å². The molecule has 1 aromatic rings. The molecule has 0 unspecified atom stereocenters. The van der Waals surface area contributed by atoms with E-state index in [1.54, 1.807) is 0 Å². The van der Waals surface area contributed by atoms with Crippen LogP contribution in [0.25, 0.3) is 0 Å². The summed E-state index contributed by atoms with van der Waals surface area (Å²) in [6.45, 7) is 6.57. The standard InChI is InChI=1S/C14H24N2O2/c1-14(6-7-15(2)10-14)11-16(3)8-12-4-5-13(9-17)18-12/h4-5,17H,6-11H2,1-3H3/t14-/m1/s1. The lowest BCUT2D eigenvalue weighted by molar-refractivity contribution is 0.176. The molecule has 18 heavy (non-hydrogen) atoms. The lowest BCUT2D eigenvalue weighted by Gasteiger charge is -2.29. The highest BCUT2D eigenvalue weighted by atomic mass is 16.4. The Balaban J connectivity index is 1.86. The summed E-state index contributed by atoms with van der Waals surface area (Å²) in [6, 6.07) is 3.79. The number of hydrogen-bond donors (Lipinski definition) is 1. The van der Waals surface area contributed by atoms with Crippen LogP contribution in [0.2, 0.25) is 0 Å². The largest absolute Gasteiger partial charge is 0.462 e. The van der Waals surface area contributed by atoms with E-state index in [1.807, 2.05) is 12.1 Å². The van der Waals surface area contributed by atoms with Gasteiger partial charge in [0.05, 0.1) is 6.54 Å². The van der Waals surface area contributed by atoms with Gasteiger partial charge in [-0.25, -0.2) is 0 Å². The van der Waals surface area contributed by atoms with E-state index in [1.165, 1.54) is 13.0 Å². The van der Waals surface area contributed by atoms with Crippen LogP contribution < -0.4 is 0 Å². The molecule has 0 aliphatic carbocycles. The van der Waals surface area contributed by atoms with Crippen LogP contribution in [-0.2, 0) is 13.2 Å². The van der Waals surface area contributed by atoms with Crippen molar-refractivity contribution < 1.29 is 9.52 Å². The van der Waals surface area contributed by atoms with Gasteiger partial charge in [0.2, 0.25) is 0 Å². The van der Waals surface area contributed by atoms with Gasteiger partial charge in [0.15, 0.2) is 0 Å². The maximum Gasteiger partial charge on any atom is 0.129 e. The molecule has 1 atom stereocenters. The second-order valence-corrected chi connectivity index (χ2v) is 6.00. The Labute approximate surface area is 109 Å². The maximum absolute atomic E-state index is 8.97. The molecule has 102 valence electrons. The Morgan fingerprint density at radius 2 is 2.17 bits per heavy atom. The average Bonchev–Trinajstić information content (AvgIpc) is 2.85. The fraction of sp³-hybridized carbons (Fsp3) is 0.714. The Hall–Kier alpha value is -0.840. The molecule has 1 aromatic heterocycles. The summed E-state index contributed by atoms with van der Waals surface area (Å²) in [6.07, 6.45) is 1.26. The SMILES string of the molecule is CN1CC[C@@](C)(CN(C)Cc2ccc(CO)o2)C1. The van der Waals surface area contributed by atoms with Crippen LogP contribution in [-0.4, -0.2) is 48.6 Å². The van der Waals surface area contributed by atoms with Crippen LogP contribution in [0.4, 0.5) is 0 Å². The maximum atomic E-state index is 8.97. The molecule has 0 bridgehead atoms. The molecule has 0 spiro atoms. The zero-order valence-electron chi connectivity index (χ0n) is 11.6. The first-order valence-electron chi connectivity index (χ1n) is 6.56. The summed E-state index contributed by atoms with van der Waals surface area (Å²) >= 11 is 0. The normalized spacial score (nSPS) is 25.2. The molecule has 2 heterocycles. The van der Waals surface area contributed by atoms with Crippen LogP contribution in [0, 0.1) is 5.41 Å². The van der Waals surface area contributed by atoms with Crippen molar-refractivity contribution in [3.63, 3.8) is 0 Å². The number of rotatable bonds is 5. The number of nitrogens with zero attached hydrogens (tertiary/aromatic N) is 2.